The van der Waals surface area contributed by atoms with Gasteiger partial charge in [0.1, 0.15) is 0 Å². The van der Waals surface area contributed by atoms with Crippen LogP contribution < -0.4 is 0 Å². The summed E-state index contributed by atoms with van der Waals surface area (Å²) >= 11 is 2.06. The number of hydrogen-bond acceptors (Lipinski definition) is 5. The molecule has 1 aliphatic carbocycles. The Balaban J connectivity index is 1.31. The normalized spacial score (nSPS) is 27.6. The molecule has 1 saturated carbocycles. The lowest BCUT2D eigenvalue weighted by atomic mass is 10.1. The first-order valence-electron chi connectivity index (χ1n) is 10.1. The van der Waals surface area contributed by atoms with Gasteiger partial charge in [-0.3, -0.25) is 9.80 Å². The molecule has 1 atom stereocenters. The third kappa shape index (κ3) is 5.04. The van der Waals surface area contributed by atoms with Gasteiger partial charge in [0.25, 0.3) is 0 Å². The summed E-state index contributed by atoms with van der Waals surface area (Å²) < 4.78 is 11.6. The van der Waals surface area contributed by atoms with Crippen LogP contribution in [0.4, 0.5) is 0 Å². The maximum Gasteiger partial charge on any atom is 0.0828 e. The monoisotopic (exact) mass is 364 g/mol. The van der Waals surface area contributed by atoms with Crippen LogP contribution in [0.3, 0.4) is 0 Å². The van der Waals surface area contributed by atoms with Crippen molar-refractivity contribution in [2.45, 2.75) is 50.7 Å². The van der Waals surface area contributed by atoms with E-state index >= 15 is 0 Å². The van der Waals surface area contributed by atoms with Gasteiger partial charge in [-0.1, -0.05) is 12.8 Å². The Morgan fingerprint density at radius 3 is 2.64 bits per heavy atom. The van der Waals surface area contributed by atoms with E-state index in [0.717, 1.165) is 71.4 Å². The number of morpholine rings is 1. The van der Waals surface area contributed by atoms with Crippen molar-refractivity contribution >= 4 is 11.3 Å². The Hall–Kier alpha value is -0.460. The lowest BCUT2D eigenvalue weighted by molar-refractivity contribution is -0.0122. The number of ether oxygens (including phenoxy) is 2. The molecule has 1 aromatic rings. The highest BCUT2D eigenvalue weighted by molar-refractivity contribution is 7.12. The van der Waals surface area contributed by atoms with Crippen molar-refractivity contribution in [2.24, 2.45) is 0 Å². The first-order valence-corrected chi connectivity index (χ1v) is 10.9. The van der Waals surface area contributed by atoms with Gasteiger partial charge >= 0.3 is 0 Å². The van der Waals surface area contributed by atoms with Gasteiger partial charge < -0.3 is 9.47 Å². The van der Waals surface area contributed by atoms with Crippen LogP contribution in [0.1, 0.15) is 47.8 Å². The molecule has 0 N–H and O–H groups in total. The van der Waals surface area contributed by atoms with E-state index < -0.39 is 0 Å². The molecule has 0 aromatic carbocycles. The average molecular weight is 365 g/mol. The highest BCUT2D eigenvalue weighted by Crippen LogP contribution is 2.37. The average Bonchev–Trinajstić information content (AvgIpc) is 3.26. The standard InChI is InChI=1S/C20H32N2O2S/c1-2-5-17(4-1)20-7-6-19(25-20)16-22-8-3-11-24-18(15-22)14-21-9-12-23-13-10-21/h6-7,17-18H,1-5,8-16H2. The zero-order chi connectivity index (χ0) is 16.9. The van der Waals surface area contributed by atoms with E-state index in [2.05, 4.69) is 33.3 Å². The van der Waals surface area contributed by atoms with E-state index in [1.165, 1.54) is 30.6 Å². The summed E-state index contributed by atoms with van der Waals surface area (Å²) in [4.78, 5) is 8.28. The minimum atomic E-state index is 0.342. The zero-order valence-electron chi connectivity index (χ0n) is 15.3. The van der Waals surface area contributed by atoms with Crippen LogP contribution in [-0.4, -0.2) is 68.4 Å². The molecule has 140 valence electrons. The third-order valence-electron chi connectivity index (χ3n) is 5.82. The van der Waals surface area contributed by atoms with E-state index in [4.69, 9.17) is 9.47 Å². The van der Waals surface area contributed by atoms with E-state index in [9.17, 15) is 0 Å². The minimum Gasteiger partial charge on any atom is -0.379 e. The molecular weight excluding hydrogens is 332 g/mol. The summed E-state index contributed by atoms with van der Waals surface area (Å²) in [5.74, 6) is 0.847. The van der Waals surface area contributed by atoms with Crippen LogP contribution in [0.25, 0.3) is 0 Å². The maximum absolute atomic E-state index is 6.14. The Labute approximate surface area is 156 Å². The first-order chi connectivity index (χ1) is 12.4. The molecule has 4 rings (SSSR count). The van der Waals surface area contributed by atoms with Gasteiger partial charge in [0.05, 0.1) is 19.3 Å². The fourth-order valence-electron chi connectivity index (χ4n) is 4.43. The topological polar surface area (TPSA) is 24.9 Å². The summed E-state index contributed by atoms with van der Waals surface area (Å²) in [7, 11) is 0. The molecule has 3 heterocycles. The fourth-order valence-corrected chi connectivity index (χ4v) is 5.65. The van der Waals surface area contributed by atoms with Gasteiger partial charge in [0.15, 0.2) is 0 Å². The van der Waals surface area contributed by atoms with Crippen molar-refractivity contribution in [3.63, 3.8) is 0 Å². The molecule has 3 aliphatic rings. The summed E-state index contributed by atoms with van der Waals surface area (Å²) in [5.41, 5.74) is 0. The molecule has 0 spiro atoms. The predicted molar refractivity (Wildman–Crippen MR) is 102 cm³/mol. The van der Waals surface area contributed by atoms with Crippen LogP contribution in [0.5, 0.6) is 0 Å². The quantitative estimate of drug-likeness (QED) is 0.800. The molecule has 25 heavy (non-hydrogen) atoms. The van der Waals surface area contributed by atoms with Crippen LogP contribution >= 0.6 is 11.3 Å². The van der Waals surface area contributed by atoms with Crippen molar-refractivity contribution in [1.82, 2.24) is 9.80 Å². The number of nitrogens with zero attached hydrogens (tertiary/aromatic N) is 2. The highest BCUT2D eigenvalue weighted by atomic mass is 32.1. The van der Waals surface area contributed by atoms with Crippen molar-refractivity contribution in [3.05, 3.63) is 21.9 Å². The van der Waals surface area contributed by atoms with Gasteiger partial charge in [-0.25, -0.2) is 0 Å². The predicted octanol–water partition coefficient (Wildman–Crippen LogP) is 3.33. The molecule has 1 unspecified atom stereocenters. The zero-order valence-corrected chi connectivity index (χ0v) is 16.1. The van der Waals surface area contributed by atoms with Gasteiger partial charge in [-0.2, -0.15) is 0 Å². The Bertz CT molecular complexity index is 524. The SMILES string of the molecule is c1cc(C2CCCC2)sc1CN1CCCOC(CN2CCOCC2)C1. The van der Waals surface area contributed by atoms with Gasteiger partial charge in [0.2, 0.25) is 0 Å². The highest BCUT2D eigenvalue weighted by Gasteiger charge is 2.23. The first kappa shape index (κ1) is 17.9. The molecular formula is C20H32N2O2S. The molecule has 2 saturated heterocycles. The van der Waals surface area contributed by atoms with Crippen LogP contribution in [-0.2, 0) is 16.0 Å². The largest absolute Gasteiger partial charge is 0.379 e. The van der Waals surface area contributed by atoms with Gasteiger partial charge in [-0.05, 0) is 37.3 Å². The summed E-state index contributed by atoms with van der Waals surface area (Å²) in [6, 6.07) is 4.77. The number of rotatable bonds is 5. The molecule has 2 aliphatic heterocycles. The number of thiophene rings is 1. The Morgan fingerprint density at radius 2 is 1.80 bits per heavy atom. The molecule has 1 aromatic heterocycles. The third-order valence-corrected chi connectivity index (χ3v) is 7.05. The van der Waals surface area contributed by atoms with E-state index in [1.807, 2.05) is 0 Å². The summed E-state index contributed by atoms with van der Waals surface area (Å²) in [5, 5.41) is 0. The van der Waals surface area contributed by atoms with E-state index in [0.29, 0.717) is 6.10 Å². The lowest BCUT2D eigenvalue weighted by Gasteiger charge is -2.31. The van der Waals surface area contributed by atoms with Crippen LogP contribution in [0.2, 0.25) is 0 Å². The van der Waals surface area contributed by atoms with Crippen molar-refractivity contribution in [2.75, 3.05) is 52.5 Å². The van der Waals surface area contributed by atoms with Crippen LogP contribution in [0.15, 0.2) is 12.1 Å². The lowest BCUT2D eigenvalue weighted by Crippen LogP contribution is -2.44. The van der Waals surface area contributed by atoms with Gasteiger partial charge in [-0.15, -0.1) is 11.3 Å². The Kier molecular flexibility index (Phi) is 6.42. The van der Waals surface area contributed by atoms with Gasteiger partial charge in [0, 0.05) is 55.6 Å². The minimum absolute atomic E-state index is 0.342. The second-order valence-corrected chi connectivity index (χ2v) is 8.98. The molecule has 4 nitrogen and oxygen atoms in total. The van der Waals surface area contributed by atoms with Crippen LogP contribution in [0, 0.1) is 0 Å². The Morgan fingerprint density at radius 1 is 0.960 bits per heavy atom. The molecule has 0 amide bonds. The fraction of sp³-hybridized carbons (Fsp3) is 0.800. The van der Waals surface area contributed by atoms with E-state index in [1.54, 1.807) is 4.88 Å². The smallest absolute Gasteiger partial charge is 0.0828 e. The summed E-state index contributed by atoms with van der Waals surface area (Å²) in [6.07, 6.45) is 7.14. The molecule has 3 fully saturated rings. The van der Waals surface area contributed by atoms with Crippen molar-refractivity contribution < 1.29 is 9.47 Å². The summed E-state index contributed by atoms with van der Waals surface area (Å²) in [6.45, 7) is 9.13. The van der Waals surface area contributed by atoms with Crippen molar-refractivity contribution in [1.29, 1.82) is 0 Å². The van der Waals surface area contributed by atoms with Crippen molar-refractivity contribution in [3.8, 4) is 0 Å². The molecule has 5 heteroatoms. The second-order valence-electron chi connectivity index (χ2n) is 7.78. The second kappa shape index (κ2) is 8.96. The maximum atomic E-state index is 6.14. The molecule has 0 bridgehead atoms. The number of hydrogen-bond donors (Lipinski definition) is 0. The molecule has 0 radical (unpaired) electrons. The van der Waals surface area contributed by atoms with E-state index in [-0.39, 0.29) is 0 Å².